The van der Waals surface area contributed by atoms with Crippen LogP contribution in [0, 0.1) is 0 Å². The molecule has 0 nitrogen and oxygen atoms in total. The van der Waals surface area contributed by atoms with Gasteiger partial charge in [0.05, 0.1) is 0 Å². The maximum absolute atomic E-state index is 3.76. The van der Waals surface area contributed by atoms with Gasteiger partial charge in [-0.05, 0) is 0 Å². The van der Waals surface area contributed by atoms with Gasteiger partial charge >= 0.3 is 45.1 Å². The summed E-state index contributed by atoms with van der Waals surface area (Å²) in [5.74, 6) is 0. The van der Waals surface area contributed by atoms with Crippen molar-refractivity contribution in [3.05, 3.63) is 24.3 Å². The summed E-state index contributed by atoms with van der Waals surface area (Å²) in [6, 6.07) is 0. The zero-order valence-corrected chi connectivity index (χ0v) is 4.34. The first-order valence-electron chi connectivity index (χ1n) is 1.87. The van der Waals surface area contributed by atoms with Gasteiger partial charge in [-0.25, -0.2) is 0 Å². The molecule has 0 amide bonds. The molecule has 0 spiro atoms. The first kappa shape index (κ1) is 4.17. The Morgan fingerprint density at radius 3 is 1.83 bits per heavy atom. The number of hydrogen-bond acceptors (Lipinski definition) is 0. The zero-order chi connectivity index (χ0) is 4.41. The Hall–Kier alpha value is -0.000519. The van der Waals surface area contributed by atoms with E-state index in [1.807, 2.05) is 12.2 Å². The minimum absolute atomic E-state index is 0.435. The number of hydrogen-bond donors (Lipinski definition) is 0. The van der Waals surface area contributed by atoms with Gasteiger partial charge in [0.2, 0.25) is 0 Å². The van der Waals surface area contributed by atoms with Crippen molar-refractivity contribution in [2.75, 3.05) is 0 Å². The molecule has 0 bridgehead atoms. The topological polar surface area (TPSA) is 0 Å². The molecule has 1 heteroatoms. The molecular formula is C5H5Fe. The molecule has 0 saturated carbocycles. The maximum atomic E-state index is 3.76. The Kier molecular flexibility index (Phi) is 1.13. The molecule has 0 aliphatic heterocycles. The molecule has 6 heavy (non-hydrogen) atoms. The summed E-state index contributed by atoms with van der Waals surface area (Å²) < 4.78 is 0. The molecule has 0 heterocycles. The second kappa shape index (κ2) is 1.63. The van der Waals surface area contributed by atoms with E-state index >= 15 is 0 Å². The molecule has 33 valence electrons. The van der Waals surface area contributed by atoms with Crippen LogP contribution in [0.1, 0.15) is 0 Å². The Labute approximate surface area is 45.7 Å². The molecule has 0 aromatic heterocycles. The van der Waals surface area contributed by atoms with Crippen LogP contribution in [0.4, 0.5) is 0 Å². The minimum atomic E-state index is 0.435. The number of allylic oxidation sites excluding steroid dienone is 4. The predicted molar refractivity (Wildman–Crippen MR) is 22.0 cm³/mol. The predicted octanol–water partition coefficient (Wildman–Crippen LogP) is 1.45. The third kappa shape index (κ3) is 0.734. The van der Waals surface area contributed by atoms with Gasteiger partial charge in [-0.3, -0.25) is 0 Å². The summed E-state index contributed by atoms with van der Waals surface area (Å²) >= 11 is 3.76. The van der Waals surface area contributed by atoms with Crippen LogP contribution < -0.4 is 0 Å². The molecule has 0 atom stereocenters. The van der Waals surface area contributed by atoms with Crippen LogP contribution in [0.15, 0.2) is 24.3 Å². The van der Waals surface area contributed by atoms with Gasteiger partial charge < -0.3 is 0 Å². The molecule has 0 N–H and O–H groups in total. The Bertz CT molecular complexity index is 80.1. The van der Waals surface area contributed by atoms with E-state index in [2.05, 4.69) is 28.2 Å². The van der Waals surface area contributed by atoms with E-state index in [1.54, 1.807) is 0 Å². The van der Waals surface area contributed by atoms with Crippen molar-refractivity contribution in [2.45, 2.75) is 4.82 Å². The van der Waals surface area contributed by atoms with E-state index in [4.69, 9.17) is 0 Å². The zero-order valence-electron chi connectivity index (χ0n) is 3.24. The van der Waals surface area contributed by atoms with Crippen LogP contribution in [0.2, 0.25) is 4.82 Å². The SMILES string of the molecule is [Fe][CH]1C=CC=C1. The van der Waals surface area contributed by atoms with E-state index in [0.29, 0.717) is 4.82 Å². The van der Waals surface area contributed by atoms with Crippen LogP contribution in [0.3, 0.4) is 0 Å². The average Bonchev–Trinajstić information content (AvgIpc) is 1.86. The summed E-state index contributed by atoms with van der Waals surface area (Å²) in [7, 11) is 0. The van der Waals surface area contributed by atoms with E-state index in [-0.39, 0.29) is 0 Å². The van der Waals surface area contributed by atoms with Crippen LogP contribution in [-0.2, 0) is 16.0 Å². The third-order valence-corrected chi connectivity index (χ3v) is 1.12. The summed E-state index contributed by atoms with van der Waals surface area (Å²) in [6.07, 6.45) is 8.13. The normalized spacial score (nSPS) is 20.2. The second-order valence-electron chi connectivity index (χ2n) is 1.20. The van der Waals surface area contributed by atoms with Gasteiger partial charge in [-0.1, -0.05) is 0 Å². The van der Waals surface area contributed by atoms with E-state index in [1.165, 1.54) is 0 Å². The van der Waals surface area contributed by atoms with Crippen molar-refractivity contribution in [2.24, 2.45) is 0 Å². The van der Waals surface area contributed by atoms with Crippen molar-refractivity contribution < 1.29 is 16.0 Å². The Balaban J connectivity index is 2.60. The van der Waals surface area contributed by atoms with Crippen LogP contribution in [0.5, 0.6) is 0 Å². The Morgan fingerprint density at radius 2 is 1.67 bits per heavy atom. The van der Waals surface area contributed by atoms with Crippen molar-refractivity contribution in [1.29, 1.82) is 0 Å². The van der Waals surface area contributed by atoms with E-state index in [9.17, 15) is 0 Å². The van der Waals surface area contributed by atoms with E-state index < -0.39 is 0 Å². The van der Waals surface area contributed by atoms with E-state index in [0.717, 1.165) is 0 Å². The standard InChI is InChI=1S/C5H5.Fe/c1-2-4-5-3-1;/h1-5H;. The van der Waals surface area contributed by atoms with Crippen molar-refractivity contribution >= 4 is 0 Å². The summed E-state index contributed by atoms with van der Waals surface area (Å²) in [6.45, 7) is 0. The van der Waals surface area contributed by atoms with Gasteiger partial charge in [-0.15, -0.1) is 0 Å². The quantitative estimate of drug-likeness (QED) is 0.425. The van der Waals surface area contributed by atoms with Crippen molar-refractivity contribution in [3.63, 3.8) is 0 Å². The number of rotatable bonds is 0. The van der Waals surface area contributed by atoms with Gasteiger partial charge in [0.25, 0.3) is 0 Å². The first-order valence-corrected chi connectivity index (χ1v) is 2.51. The average molecular weight is 121 g/mol. The molecule has 0 saturated heterocycles. The van der Waals surface area contributed by atoms with Gasteiger partial charge in [0, 0.05) is 0 Å². The third-order valence-electron chi connectivity index (χ3n) is 0.692. The molecule has 1 aliphatic carbocycles. The Morgan fingerprint density at radius 1 is 1.17 bits per heavy atom. The van der Waals surface area contributed by atoms with Crippen LogP contribution in [0.25, 0.3) is 0 Å². The fourth-order valence-corrected chi connectivity index (χ4v) is 0.645. The fourth-order valence-electron chi connectivity index (χ4n) is 0.399. The van der Waals surface area contributed by atoms with Gasteiger partial charge in [-0.2, -0.15) is 0 Å². The summed E-state index contributed by atoms with van der Waals surface area (Å²) in [4.78, 5) is 0.435. The molecule has 1 aliphatic rings. The monoisotopic (exact) mass is 121 g/mol. The summed E-state index contributed by atoms with van der Waals surface area (Å²) in [5, 5.41) is 0. The molecule has 0 aromatic rings. The molecular weight excluding hydrogens is 116 g/mol. The van der Waals surface area contributed by atoms with Crippen LogP contribution in [-0.4, -0.2) is 0 Å². The molecule has 0 fully saturated rings. The van der Waals surface area contributed by atoms with Crippen molar-refractivity contribution in [1.82, 2.24) is 0 Å². The molecule has 1 rings (SSSR count). The van der Waals surface area contributed by atoms with Crippen molar-refractivity contribution in [3.8, 4) is 0 Å². The second-order valence-corrected chi connectivity index (χ2v) is 1.93. The molecule has 0 aromatic carbocycles. The van der Waals surface area contributed by atoms with Crippen LogP contribution >= 0.6 is 0 Å². The molecule has 0 radical (unpaired) electrons. The first-order chi connectivity index (χ1) is 2.89. The summed E-state index contributed by atoms with van der Waals surface area (Å²) in [5.41, 5.74) is 0. The van der Waals surface area contributed by atoms with Gasteiger partial charge in [0.1, 0.15) is 0 Å². The van der Waals surface area contributed by atoms with Gasteiger partial charge in [0.15, 0.2) is 0 Å². The molecule has 0 unspecified atom stereocenters. The fraction of sp³-hybridized carbons (Fsp3) is 0.200.